The van der Waals surface area contributed by atoms with Gasteiger partial charge in [-0.2, -0.15) is 0 Å². The van der Waals surface area contributed by atoms with E-state index in [9.17, 15) is 4.79 Å². The summed E-state index contributed by atoms with van der Waals surface area (Å²) in [6.45, 7) is 0. The third-order valence-corrected chi connectivity index (χ3v) is 4.34. The Morgan fingerprint density at radius 2 is 1.67 bits per heavy atom. The van der Waals surface area contributed by atoms with Crippen LogP contribution < -0.4 is 10.3 Å². The summed E-state index contributed by atoms with van der Waals surface area (Å²) >= 11 is 0. The largest absolute Gasteiger partial charge is 0.497 e. The van der Waals surface area contributed by atoms with E-state index < -0.39 is 0 Å². The van der Waals surface area contributed by atoms with Gasteiger partial charge in [-0.15, -0.1) is 0 Å². The molecule has 1 aromatic heterocycles. The number of hydrogen-bond donors (Lipinski definition) is 0. The van der Waals surface area contributed by atoms with Gasteiger partial charge >= 0.3 is 0 Å². The highest BCUT2D eigenvalue weighted by molar-refractivity contribution is 5.80. The number of hydrogen-bond acceptors (Lipinski definition) is 3. The van der Waals surface area contributed by atoms with Crippen LogP contribution in [0.1, 0.15) is 11.4 Å². The Labute approximate surface area is 157 Å². The van der Waals surface area contributed by atoms with Crippen molar-refractivity contribution in [2.24, 2.45) is 0 Å². The maximum Gasteiger partial charge on any atom is 0.266 e. The highest BCUT2D eigenvalue weighted by Crippen LogP contribution is 2.19. The van der Waals surface area contributed by atoms with Gasteiger partial charge in [-0.3, -0.25) is 9.36 Å². The molecule has 0 aliphatic heterocycles. The van der Waals surface area contributed by atoms with Gasteiger partial charge in [-0.05, 0) is 35.9 Å². The molecule has 0 aliphatic carbocycles. The van der Waals surface area contributed by atoms with Crippen molar-refractivity contribution in [1.29, 1.82) is 0 Å². The molecular formula is C23H18N2O2. The Bertz CT molecular complexity index is 1180. The number of para-hydroxylation sites is 1. The molecule has 3 aromatic carbocycles. The fraction of sp³-hybridized carbons (Fsp3) is 0.0435. The lowest BCUT2D eigenvalue weighted by molar-refractivity contribution is 0.414. The van der Waals surface area contributed by atoms with Gasteiger partial charge in [-0.25, -0.2) is 4.98 Å². The van der Waals surface area contributed by atoms with Gasteiger partial charge in [0, 0.05) is 6.07 Å². The molecular weight excluding hydrogens is 336 g/mol. The number of benzene rings is 3. The first-order chi connectivity index (χ1) is 13.3. The van der Waals surface area contributed by atoms with Crippen molar-refractivity contribution in [3.05, 3.63) is 101 Å². The predicted molar refractivity (Wildman–Crippen MR) is 109 cm³/mol. The van der Waals surface area contributed by atoms with Crippen molar-refractivity contribution in [3.63, 3.8) is 0 Å². The number of nitrogens with zero attached hydrogens (tertiary/aromatic N) is 2. The van der Waals surface area contributed by atoms with Crippen molar-refractivity contribution in [2.75, 3.05) is 7.11 Å². The number of rotatable bonds is 4. The van der Waals surface area contributed by atoms with E-state index in [1.54, 1.807) is 17.7 Å². The molecule has 4 rings (SSSR count). The maximum atomic E-state index is 13.2. The van der Waals surface area contributed by atoms with Crippen molar-refractivity contribution in [1.82, 2.24) is 9.55 Å². The molecule has 4 nitrogen and oxygen atoms in total. The molecule has 4 heteroatoms. The van der Waals surface area contributed by atoms with Gasteiger partial charge in [0.1, 0.15) is 11.6 Å². The molecule has 0 N–H and O–H groups in total. The fourth-order valence-electron chi connectivity index (χ4n) is 3.00. The summed E-state index contributed by atoms with van der Waals surface area (Å²) in [7, 11) is 1.61. The Hall–Kier alpha value is -3.66. The molecule has 0 amide bonds. The maximum absolute atomic E-state index is 13.2. The molecule has 0 spiro atoms. The van der Waals surface area contributed by atoms with Crippen molar-refractivity contribution >= 4 is 23.1 Å². The van der Waals surface area contributed by atoms with Crippen molar-refractivity contribution in [3.8, 4) is 11.4 Å². The van der Waals surface area contributed by atoms with Gasteiger partial charge < -0.3 is 4.74 Å². The summed E-state index contributed by atoms with van der Waals surface area (Å²) < 4.78 is 6.93. The van der Waals surface area contributed by atoms with Crippen LogP contribution in [-0.2, 0) is 0 Å². The summed E-state index contributed by atoms with van der Waals surface area (Å²) in [6.07, 6.45) is 3.82. The van der Waals surface area contributed by atoms with Crippen LogP contribution in [-0.4, -0.2) is 16.7 Å². The van der Waals surface area contributed by atoms with E-state index in [-0.39, 0.29) is 5.56 Å². The van der Waals surface area contributed by atoms with Gasteiger partial charge in [0.15, 0.2) is 0 Å². The first-order valence-electron chi connectivity index (χ1n) is 8.65. The minimum absolute atomic E-state index is 0.110. The average Bonchev–Trinajstić information content (AvgIpc) is 2.73. The Morgan fingerprint density at radius 3 is 2.48 bits per heavy atom. The molecule has 0 bridgehead atoms. The number of fused-ring (bicyclic) bond motifs is 1. The molecule has 0 atom stereocenters. The smallest absolute Gasteiger partial charge is 0.266 e. The molecule has 132 valence electrons. The lowest BCUT2D eigenvalue weighted by Crippen LogP contribution is -2.22. The first-order valence-corrected chi connectivity index (χ1v) is 8.65. The van der Waals surface area contributed by atoms with E-state index in [1.807, 2.05) is 84.9 Å². The normalized spacial score (nSPS) is 11.1. The van der Waals surface area contributed by atoms with Crippen LogP contribution in [0.5, 0.6) is 5.75 Å². The van der Waals surface area contributed by atoms with Gasteiger partial charge in [0.05, 0.1) is 23.7 Å². The minimum Gasteiger partial charge on any atom is -0.497 e. The van der Waals surface area contributed by atoms with E-state index in [4.69, 9.17) is 9.72 Å². The van der Waals surface area contributed by atoms with E-state index in [2.05, 4.69) is 0 Å². The Morgan fingerprint density at radius 1 is 0.889 bits per heavy atom. The Kier molecular flexibility index (Phi) is 4.54. The van der Waals surface area contributed by atoms with E-state index >= 15 is 0 Å². The molecule has 0 fully saturated rings. The van der Waals surface area contributed by atoms with Crippen LogP contribution in [0.3, 0.4) is 0 Å². The zero-order valence-corrected chi connectivity index (χ0v) is 14.9. The molecule has 1 heterocycles. The molecule has 0 saturated heterocycles. The van der Waals surface area contributed by atoms with Gasteiger partial charge in [-0.1, -0.05) is 54.6 Å². The zero-order valence-electron chi connectivity index (χ0n) is 14.9. The minimum atomic E-state index is -0.110. The predicted octanol–water partition coefficient (Wildman–Crippen LogP) is 4.56. The summed E-state index contributed by atoms with van der Waals surface area (Å²) in [4.78, 5) is 17.9. The van der Waals surface area contributed by atoms with Crippen LogP contribution >= 0.6 is 0 Å². The monoisotopic (exact) mass is 354 g/mol. The second-order valence-electron chi connectivity index (χ2n) is 6.07. The van der Waals surface area contributed by atoms with Crippen LogP contribution in [0, 0.1) is 0 Å². The van der Waals surface area contributed by atoms with Gasteiger partial charge in [0.2, 0.25) is 0 Å². The molecule has 27 heavy (non-hydrogen) atoms. The lowest BCUT2D eigenvalue weighted by atomic mass is 10.2. The highest BCUT2D eigenvalue weighted by Gasteiger charge is 2.11. The van der Waals surface area contributed by atoms with Crippen LogP contribution in [0.2, 0.25) is 0 Å². The number of aromatic nitrogens is 2. The fourth-order valence-corrected chi connectivity index (χ4v) is 3.00. The van der Waals surface area contributed by atoms with Crippen molar-refractivity contribution < 1.29 is 4.74 Å². The summed E-state index contributed by atoms with van der Waals surface area (Å²) in [5, 5.41) is 0.581. The Balaban J connectivity index is 1.95. The molecule has 0 saturated carbocycles. The number of methoxy groups -OCH3 is 1. The second kappa shape index (κ2) is 7.30. The lowest BCUT2D eigenvalue weighted by Gasteiger charge is -2.12. The quantitative estimate of drug-likeness (QED) is 0.539. The summed E-state index contributed by atoms with van der Waals surface area (Å²) in [6, 6.07) is 24.7. The van der Waals surface area contributed by atoms with E-state index in [1.165, 1.54) is 0 Å². The zero-order chi connectivity index (χ0) is 18.6. The average molecular weight is 354 g/mol. The van der Waals surface area contributed by atoms with Crippen LogP contribution in [0.4, 0.5) is 0 Å². The van der Waals surface area contributed by atoms with Crippen LogP contribution in [0.15, 0.2) is 83.7 Å². The van der Waals surface area contributed by atoms with E-state index in [0.717, 1.165) is 5.56 Å². The standard InChI is InChI=1S/C23H18N2O2/c1-27-19-11-7-10-18(16-19)25-22(15-14-17-8-3-2-4-9-17)24-21-13-6-5-12-20(21)23(25)26/h2-16H,1H3/b15-14+. The summed E-state index contributed by atoms with van der Waals surface area (Å²) in [5.41, 5.74) is 2.32. The number of ether oxygens (including phenoxy) is 1. The third kappa shape index (κ3) is 3.37. The third-order valence-electron chi connectivity index (χ3n) is 4.34. The molecule has 0 aliphatic rings. The second-order valence-corrected chi connectivity index (χ2v) is 6.07. The SMILES string of the molecule is COc1cccc(-n2c(/C=C/c3ccccc3)nc3ccccc3c2=O)c1. The van der Waals surface area contributed by atoms with Crippen molar-refractivity contribution in [2.45, 2.75) is 0 Å². The summed E-state index contributed by atoms with van der Waals surface area (Å²) in [5.74, 6) is 1.25. The van der Waals surface area contributed by atoms with Crippen LogP contribution in [0.25, 0.3) is 28.7 Å². The topological polar surface area (TPSA) is 44.1 Å². The van der Waals surface area contributed by atoms with E-state index in [0.29, 0.717) is 28.2 Å². The molecule has 4 aromatic rings. The first kappa shape index (κ1) is 16.8. The molecule has 0 unspecified atom stereocenters. The van der Waals surface area contributed by atoms with Gasteiger partial charge in [0.25, 0.3) is 5.56 Å². The molecule has 0 radical (unpaired) electrons. The highest BCUT2D eigenvalue weighted by atomic mass is 16.5.